The predicted octanol–water partition coefficient (Wildman–Crippen LogP) is 22.0. The van der Waals surface area contributed by atoms with Gasteiger partial charge in [0, 0.05) is 25.7 Å². The first-order valence-electron chi connectivity index (χ1n) is 26.7. The Labute approximate surface area is 451 Å². The van der Waals surface area contributed by atoms with E-state index >= 15 is 0 Å². The molecular formula is C76H46S. The second kappa shape index (κ2) is 17.5. The summed E-state index contributed by atoms with van der Waals surface area (Å²) in [6.07, 6.45) is 0. The third kappa shape index (κ3) is 6.64. The lowest BCUT2D eigenvalue weighted by molar-refractivity contribution is 1.59. The van der Waals surface area contributed by atoms with Crippen LogP contribution in [-0.2, 0) is 0 Å². The van der Waals surface area contributed by atoms with Crippen LogP contribution in [0.25, 0.3) is 163 Å². The summed E-state index contributed by atoms with van der Waals surface area (Å²) in [7, 11) is 0. The third-order valence-corrected chi connectivity index (χ3v) is 17.6. The minimum atomic E-state index is 1.20. The zero-order chi connectivity index (χ0) is 50.6. The molecule has 77 heavy (non-hydrogen) atoms. The molecule has 1 aromatic heterocycles. The van der Waals surface area contributed by atoms with Gasteiger partial charge in [0.25, 0.3) is 0 Å². The average molecular weight is 991 g/mol. The number of fused-ring (bicyclic) bond motifs is 9. The van der Waals surface area contributed by atoms with Gasteiger partial charge in [-0.2, -0.15) is 0 Å². The summed E-state index contributed by atoms with van der Waals surface area (Å²) in [5.74, 6) is 0. The maximum Gasteiger partial charge on any atom is 0.0434 e. The number of hydrogen-bond acceptors (Lipinski definition) is 1. The van der Waals surface area contributed by atoms with Crippen molar-refractivity contribution < 1.29 is 0 Å². The van der Waals surface area contributed by atoms with E-state index < -0.39 is 0 Å². The SMILES string of the molecule is c1ccc(-c2c3ccccc3c(-c3cc(-c4ccc5c6c(cccc46)-c4c-5c(-c5ccccc5)c5c(-c6ccccc6)ccc(-c6ccccc6)c5c4-c4ccccc4)c4sc5ccccc5c4c3)c3ccccc23)cc1. The van der Waals surface area contributed by atoms with Crippen molar-refractivity contribution in [1.82, 2.24) is 0 Å². The van der Waals surface area contributed by atoms with Gasteiger partial charge in [-0.1, -0.05) is 261 Å². The van der Waals surface area contributed by atoms with Crippen molar-refractivity contribution in [2.24, 2.45) is 0 Å². The molecule has 0 bridgehead atoms. The van der Waals surface area contributed by atoms with Gasteiger partial charge >= 0.3 is 0 Å². The van der Waals surface area contributed by atoms with Crippen molar-refractivity contribution in [2.45, 2.75) is 0 Å². The minimum Gasteiger partial charge on any atom is -0.135 e. The van der Waals surface area contributed by atoms with Gasteiger partial charge in [-0.15, -0.1) is 11.3 Å². The highest BCUT2D eigenvalue weighted by molar-refractivity contribution is 7.26. The van der Waals surface area contributed by atoms with Gasteiger partial charge in [-0.25, -0.2) is 0 Å². The summed E-state index contributed by atoms with van der Waals surface area (Å²) in [5, 5.41) is 12.7. The Bertz CT molecular complexity index is 4670. The van der Waals surface area contributed by atoms with Gasteiger partial charge < -0.3 is 0 Å². The molecule has 16 rings (SSSR count). The van der Waals surface area contributed by atoms with Gasteiger partial charge in [0.2, 0.25) is 0 Å². The zero-order valence-corrected chi connectivity index (χ0v) is 42.8. The molecule has 0 aliphatic heterocycles. The molecule has 0 saturated heterocycles. The van der Waals surface area contributed by atoms with Crippen LogP contribution in [-0.4, -0.2) is 0 Å². The Balaban J connectivity index is 1.04. The number of hydrogen-bond donors (Lipinski definition) is 0. The molecule has 0 unspecified atom stereocenters. The monoisotopic (exact) mass is 990 g/mol. The van der Waals surface area contributed by atoms with E-state index in [0.29, 0.717) is 0 Å². The Kier molecular flexibility index (Phi) is 9.92. The van der Waals surface area contributed by atoms with E-state index in [9.17, 15) is 0 Å². The van der Waals surface area contributed by atoms with Gasteiger partial charge in [-0.3, -0.25) is 0 Å². The largest absolute Gasteiger partial charge is 0.135 e. The average Bonchev–Trinajstić information content (AvgIpc) is 4.22. The number of thiophene rings is 1. The molecule has 0 spiro atoms. The molecule has 356 valence electrons. The van der Waals surface area contributed by atoms with Crippen molar-refractivity contribution >= 4 is 74.6 Å². The summed E-state index contributed by atoms with van der Waals surface area (Å²) in [5.41, 5.74) is 22.4. The van der Waals surface area contributed by atoms with Crippen molar-refractivity contribution in [2.75, 3.05) is 0 Å². The van der Waals surface area contributed by atoms with Crippen molar-refractivity contribution in [3.05, 3.63) is 279 Å². The smallest absolute Gasteiger partial charge is 0.0434 e. The van der Waals surface area contributed by atoms with E-state index in [2.05, 4.69) is 279 Å². The molecule has 1 aliphatic rings. The van der Waals surface area contributed by atoms with Gasteiger partial charge in [0.1, 0.15) is 0 Å². The molecule has 14 aromatic carbocycles. The fraction of sp³-hybridized carbons (Fsp3) is 0. The van der Waals surface area contributed by atoms with Crippen LogP contribution in [0, 0.1) is 0 Å². The van der Waals surface area contributed by atoms with Crippen LogP contribution in [0.1, 0.15) is 0 Å². The third-order valence-electron chi connectivity index (χ3n) is 16.4. The summed E-state index contributed by atoms with van der Waals surface area (Å²) < 4.78 is 2.60. The van der Waals surface area contributed by atoms with Crippen LogP contribution in [0.15, 0.2) is 279 Å². The lowest BCUT2D eigenvalue weighted by Gasteiger charge is -2.25. The van der Waals surface area contributed by atoms with Crippen molar-refractivity contribution in [1.29, 1.82) is 0 Å². The topological polar surface area (TPSA) is 0 Å². The highest BCUT2D eigenvalue weighted by Crippen LogP contribution is 2.61. The first-order chi connectivity index (χ1) is 38.3. The van der Waals surface area contributed by atoms with E-state index in [1.807, 2.05) is 11.3 Å². The van der Waals surface area contributed by atoms with Crippen LogP contribution in [0.2, 0.25) is 0 Å². The van der Waals surface area contributed by atoms with E-state index in [0.717, 1.165) is 0 Å². The Morgan fingerprint density at radius 1 is 0.182 bits per heavy atom. The first-order valence-corrected chi connectivity index (χ1v) is 27.5. The predicted molar refractivity (Wildman–Crippen MR) is 332 cm³/mol. The summed E-state index contributed by atoms with van der Waals surface area (Å²) >= 11 is 1.91. The molecule has 0 nitrogen and oxygen atoms in total. The Morgan fingerprint density at radius 3 is 1.06 bits per heavy atom. The lowest BCUT2D eigenvalue weighted by Crippen LogP contribution is -1.97. The normalized spacial score (nSPS) is 11.9. The van der Waals surface area contributed by atoms with Gasteiger partial charge in [0.15, 0.2) is 0 Å². The molecular weight excluding hydrogens is 945 g/mol. The summed E-state index contributed by atoms with van der Waals surface area (Å²) in [4.78, 5) is 0. The fourth-order valence-corrected chi connectivity index (χ4v) is 14.5. The molecule has 1 heteroatoms. The van der Waals surface area contributed by atoms with E-state index in [4.69, 9.17) is 0 Å². The summed E-state index contributed by atoms with van der Waals surface area (Å²) in [6.45, 7) is 0. The van der Waals surface area contributed by atoms with Crippen LogP contribution in [0.3, 0.4) is 0 Å². The maximum absolute atomic E-state index is 2.53. The molecule has 0 N–H and O–H groups in total. The highest BCUT2D eigenvalue weighted by atomic mass is 32.1. The van der Waals surface area contributed by atoms with Gasteiger partial charge in [0.05, 0.1) is 0 Å². The first kappa shape index (κ1) is 43.7. The maximum atomic E-state index is 2.53. The molecule has 15 aromatic rings. The standard InChI is InChI=1S/C76H46S/c1-6-23-47(24-7-1)53-41-42-54(48-25-8-2-9-26-48)73-70(51-31-14-5-15-32-51)75-63-44-43-55(57-38-22-39-62(71(57)63)74(75)69(72(53)73)50-29-12-4-13-30-50)64-45-52(46-65-56-33-20-21-40-66(56)77-76(64)65)68-60-36-18-16-34-58(60)67(49-27-10-3-11-28-49)59-35-17-19-37-61(59)68/h1-46H. The van der Waals surface area contributed by atoms with E-state index in [1.54, 1.807) is 0 Å². The Hall–Kier alpha value is -9.66. The molecule has 0 atom stereocenters. The second-order valence-electron chi connectivity index (χ2n) is 20.5. The number of benzene rings is 14. The Morgan fingerprint density at radius 2 is 0.558 bits per heavy atom. The minimum absolute atomic E-state index is 1.20. The molecule has 0 amide bonds. The highest BCUT2D eigenvalue weighted by Gasteiger charge is 2.34. The summed E-state index contributed by atoms with van der Waals surface area (Å²) in [6, 6.07) is 104. The quantitative estimate of drug-likeness (QED) is 0.140. The van der Waals surface area contributed by atoms with Crippen LogP contribution < -0.4 is 0 Å². The molecule has 1 aliphatic carbocycles. The molecule has 0 fully saturated rings. The van der Waals surface area contributed by atoms with Gasteiger partial charge in [-0.05, 0) is 156 Å². The molecule has 1 heterocycles. The lowest BCUT2D eigenvalue weighted by atomic mass is 9.78. The van der Waals surface area contributed by atoms with Crippen LogP contribution >= 0.6 is 11.3 Å². The molecule has 0 radical (unpaired) electrons. The van der Waals surface area contributed by atoms with Crippen molar-refractivity contribution in [3.63, 3.8) is 0 Å². The van der Waals surface area contributed by atoms with E-state index in [1.165, 1.54) is 163 Å². The molecule has 0 saturated carbocycles. The van der Waals surface area contributed by atoms with E-state index in [-0.39, 0.29) is 0 Å². The van der Waals surface area contributed by atoms with Crippen LogP contribution in [0.5, 0.6) is 0 Å². The zero-order valence-electron chi connectivity index (χ0n) is 42.0. The van der Waals surface area contributed by atoms with Crippen LogP contribution in [0.4, 0.5) is 0 Å². The fourth-order valence-electron chi connectivity index (χ4n) is 13.2. The second-order valence-corrected chi connectivity index (χ2v) is 21.5. The number of rotatable bonds is 7. The van der Waals surface area contributed by atoms with Crippen molar-refractivity contribution in [3.8, 4) is 100 Å².